The molecule has 22 heavy (non-hydrogen) atoms. The maximum atomic E-state index is 12.5. The summed E-state index contributed by atoms with van der Waals surface area (Å²) in [4.78, 5) is 13.6. The summed E-state index contributed by atoms with van der Waals surface area (Å²) in [6, 6.07) is 3.83. The summed E-state index contributed by atoms with van der Waals surface area (Å²) in [6.07, 6.45) is 1.99. The molecule has 0 aliphatic carbocycles. The van der Waals surface area contributed by atoms with Crippen molar-refractivity contribution in [3.63, 3.8) is 0 Å². The molecule has 1 aromatic rings. The smallest absolute Gasteiger partial charge is 0.321 e. The predicted molar refractivity (Wildman–Crippen MR) is 93.3 cm³/mol. The molecule has 0 spiro atoms. The first-order valence-corrected chi connectivity index (χ1v) is 9.51. The van der Waals surface area contributed by atoms with Gasteiger partial charge in [-0.25, -0.2) is 0 Å². The number of hydrogen-bond acceptors (Lipinski definition) is 5. The van der Waals surface area contributed by atoms with E-state index < -0.39 is 11.2 Å². The zero-order chi connectivity index (χ0) is 16.5. The number of halogens is 2. The molecule has 0 saturated carbocycles. The first-order valence-electron chi connectivity index (χ1n) is 6.70. The van der Waals surface area contributed by atoms with E-state index in [4.69, 9.17) is 14.2 Å². The molecule has 1 saturated heterocycles. The number of ether oxygens (including phenoxy) is 3. The fraction of sp³-hybridized carbons (Fsp3) is 0.533. The lowest BCUT2D eigenvalue weighted by Gasteiger charge is -2.39. The first-order chi connectivity index (χ1) is 10.2. The zero-order valence-electron chi connectivity index (χ0n) is 12.9. The van der Waals surface area contributed by atoms with Crippen LogP contribution in [0.1, 0.15) is 20.8 Å². The van der Waals surface area contributed by atoms with E-state index in [1.54, 1.807) is 18.7 Å². The second kappa shape index (κ2) is 6.81. The van der Waals surface area contributed by atoms with Crippen LogP contribution >= 0.6 is 43.6 Å². The first kappa shape index (κ1) is 18.3. The van der Waals surface area contributed by atoms with Crippen LogP contribution in [-0.4, -0.2) is 31.2 Å². The molecule has 0 unspecified atom stereocenters. The Balaban J connectivity index is 2.16. The van der Waals surface area contributed by atoms with E-state index >= 15 is 0 Å². The maximum Gasteiger partial charge on any atom is 0.321 e. The summed E-state index contributed by atoms with van der Waals surface area (Å²) in [5, 5.41) is 0. The average Bonchev–Trinajstić information content (AvgIpc) is 2.45. The van der Waals surface area contributed by atoms with E-state index in [1.807, 2.05) is 32.2 Å². The SMILES string of the molecule is CSc1cc(Br)c(OC(=O)C2(C)COC(C)(C)OC2)c(Br)c1. The molecule has 0 atom stereocenters. The molecule has 0 bridgehead atoms. The zero-order valence-corrected chi connectivity index (χ0v) is 16.9. The largest absolute Gasteiger partial charge is 0.424 e. The van der Waals surface area contributed by atoms with Crippen molar-refractivity contribution >= 4 is 49.6 Å². The highest BCUT2D eigenvalue weighted by Crippen LogP contribution is 2.39. The van der Waals surface area contributed by atoms with Crippen LogP contribution in [0.3, 0.4) is 0 Å². The van der Waals surface area contributed by atoms with Gasteiger partial charge in [0.15, 0.2) is 11.5 Å². The van der Waals surface area contributed by atoms with E-state index in [0.717, 1.165) is 13.8 Å². The highest BCUT2D eigenvalue weighted by molar-refractivity contribution is 9.11. The molecule has 1 aromatic carbocycles. The third-order valence-electron chi connectivity index (χ3n) is 3.37. The predicted octanol–water partition coefficient (Wildman–Crippen LogP) is 4.63. The van der Waals surface area contributed by atoms with Crippen LogP contribution in [0.4, 0.5) is 0 Å². The topological polar surface area (TPSA) is 44.8 Å². The molecule has 1 aliphatic rings. The van der Waals surface area contributed by atoms with Crippen LogP contribution in [-0.2, 0) is 14.3 Å². The Morgan fingerprint density at radius 2 is 1.68 bits per heavy atom. The van der Waals surface area contributed by atoms with Crippen molar-refractivity contribution in [1.82, 2.24) is 0 Å². The second-order valence-electron chi connectivity index (χ2n) is 5.85. The monoisotopic (exact) mass is 452 g/mol. The third kappa shape index (κ3) is 4.06. The number of benzene rings is 1. The maximum absolute atomic E-state index is 12.5. The molecule has 7 heteroatoms. The van der Waals surface area contributed by atoms with Crippen molar-refractivity contribution in [3.8, 4) is 5.75 Å². The van der Waals surface area contributed by atoms with Gasteiger partial charge in [0, 0.05) is 4.90 Å². The highest BCUT2D eigenvalue weighted by atomic mass is 79.9. The Labute approximate surface area is 151 Å². The van der Waals surface area contributed by atoms with E-state index in [-0.39, 0.29) is 19.2 Å². The summed E-state index contributed by atoms with van der Waals surface area (Å²) in [5.41, 5.74) is -0.827. The fourth-order valence-corrected chi connectivity index (χ4v) is 3.96. The van der Waals surface area contributed by atoms with Crippen molar-refractivity contribution in [2.45, 2.75) is 31.5 Å². The molecule has 122 valence electrons. The Hall–Kier alpha value is -0.0800. The lowest BCUT2D eigenvalue weighted by molar-refractivity contribution is -0.279. The summed E-state index contributed by atoms with van der Waals surface area (Å²) >= 11 is 8.50. The number of thioether (sulfide) groups is 1. The summed E-state index contributed by atoms with van der Waals surface area (Å²) in [7, 11) is 0. The molecular weight excluding hydrogens is 436 g/mol. The average molecular weight is 454 g/mol. The summed E-state index contributed by atoms with van der Waals surface area (Å²) < 4.78 is 18.2. The van der Waals surface area contributed by atoms with E-state index in [1.165, 1.54) is 0 Å². The molecule has 0 radical (unpaired) electrons. The van der Waals surface area contributed by atoms with E-state index in [2.05, 4.69) is 31.9 Å². The molecule has 1 heterocycles. The van der Waals surface area contributed by atoms with Gasteiger partial charge in [-0.05, 0) is 71.0 Å². The third-order valence-corrected chi connectivity index (χ3v) is 5.26. The Bertz CT molecular complexity index is 556. The second-order valence-corrected chi connectivity index (χ2v) is 8.44. The lowest BCUT2D eigenvalue weighted by atomic mass is 9.92. The van der Waals surface area contributed by atoms with Crippen LogP contribution in [0.5, 0.6) is 5.75 Å². The Kier molecular flexibility index (Phi) is 5.65. The van der Waals surface area contributed by atoms with Gasteiger partial charge in [0.25, 0.3) is 0 Å². The van der Waals surface area contributed by atoms with Crippen LogP contribution in [0.2, 0.25) is 0 Å². The fourth-order valence-electron chi connectivity index (χ4n) is 1.84. The van der Waals surface area contributed by atoms with Crippen molar-refractivity contribution in [2.75, 3.05) is 19.5 Å². The quantitative estimate of drug-likeness (QED) is 0.379. The minimum Gasteiger partial charge on any atom is -0.424 e. The van der Waals surface area contributed by atoms with Gasteiger partial charge in [-0.15, -0.1) is 11.8 Å². The molecule has 1 fully saturated rings. The minimum atomic E-state index is -0.827. The molecular formula is C15H18Br2O4S. The lowest BCUT2D eigenvalue weighted by Crippen LogP contribution is -2.50. The molecule has 0 N–H and O–H groups in total. The van der Waals surface area contributed by atoms with Crippen molar-refractivity contribution in [1.29, 1.82) is 0 Å². The van der Waals surface area contributed by atoms with Gasteiger partial charge in [-0.3, -0.25) is 4.79 Å². The molecule has 2 rings (SSSR count). The Morgan fingerprint density at radius 3 is 2.14 bits per heavy atom. The molecule has 1 aliphatic heterocycles. The van der Waals surface area contributed by atoms with Crippen molar-refractivity contribution in [2.24, 2.45) is 5.41 Å². The Morgan fingerprint density at radius 1 is 1.18 bits per heavy atom. The van der Waals surface area contributed by atoms with E-state index in [0.29, 0.717) is 5.75 Å². The van der Waals surface area contributed by atoms with Gasteiger partial charge in [0.1, 0.15) is 5.41 Å². The number of carbonyl (C=O) groups excluding carboxylic acids is 1. The van der Waals surface area contributed by atoms with Crippen molar-refractivity contribution in [3.05, 3.63) is 21.1 Å². The van der Waals surface area contributed by atoms with Crippen LogP contribution < -0.4 is 4.74 Å². The molecule has 0 amide bonds. The molecule has 4 nitrogen and oxygen atoms in total. The van der Waals surface area contributed by atoms with Gasteiger partial charge < -0.3 is 14.2 Å². The van der Waals surface area contributed by atoms with Gasteiger partial charge in [0.05, 0.1) is 22.2 Å². The van der Waals surface area contributed by atoms with Gasteiger partial charge in [0.2, 0.25) is 0 Å². The summed E-state index contributed by atoms with van der Waals surface area (Å²) in [6.45, 7) is 5.95. The normalized spacial score (nSPS) is 19.7. The number of rotatable bonds is 3. The number of hydrogen-bond donors (Lipinski definition) is 0. The van der Waals surface area contributed by atoms with E-state index in [9.17, 15) is 4.79 Å². The van der Waals surface area contributed by atoms with Gasteiger partial charge in [-0.2, -0.15) is 0 Å². The number of esters is 1. The van der Waals surface area contributed by atoms with Crippen molar-refractivity contribution < 1.29 is 19.0 Å². The standard InChI is InChI=1S/C15H18Br2O4S/c1-14(2)19-7-15(3,8-20-14)13(18)21-12-10(16)5-9(22-4)6-11(12)17/h5-6H,7-8H2,1-4H3. The highest BCUT2D eigenvalue weighted by Gasteiger charge is 2.44. The van der Waals surface area contributed by atoms with Gasteiger partial charge >= 0.3 is 5.97 Å². The van der Waals surface area contributed by atoms with Gasteiger partial charge in [-0.1, -0.05) is 0 Å². The van der Waals surface area contributed by atoms with Crippen LogP contribution in [0.15, 0.2) is 26.0 Å². The van der Waals surface area contributed by atoms with Crippen LogP contribution in [0.25, 0.3) is 0 Å². The minimum absolute atomic E-state index is 0.261. The summed E-state index contributed by atoms with van der Waals surface area (Å²) in [5.74, 6) is -0.573. The van der Waals surface area contributed by atoms with Crippen LogP contribution in [0, 0.1) is 5.41 Å². The number of carbonyl (C=O) groups is 1. The molecule has 0 aromatic heterocycles.